The van der Waals surface area contributed by atoms with Crippen molar-refractivity contribution in [2.45, 2.75) is 13.5 Å². The van der Waals surface area contributed by atoms with E-state index in [-0.39, 0.29) is 5.56 Å². The van der Waals surface area contributed by atoms with Gasteiger partial charge in [-0.25, -0.2) is 4.98 Å². The zero-order valence-electron chi connectivity index (χ0n) is 14.3. The van der Waals surface area contributed by atoms with Gasteiger partial charge in [-0.2, -0.15) is 9.50 Å². The van der Waals surface area contributed by atoms with Gasteiger partial charge >= 0.3 is 0 Å². The molecule has 0 unspecified atom stereocenters. The van der Waals surface area contributed by atoms with Crippen molar-refractivity contribution in [3.05, 3.63) is 57.7 Å². The molecule has 0 bridgehead atoms. The number of fused-ring (bicyclic) bond motifs is 2. The number of rotatable bonds is 4. The molecule has 8 heteroatoms. The molecule has 7 nitrogen and oxygen atoms in total. The van der Waals surface area contributed by atoms with Gasteiger partial charge in [0.2, 0.25) is 0 Å². The number of aryl methyl sites for hydroxylation is 1. The van der Waals surface area contributed by atoms with Gasteiger partial charge in [0.15, 0.2) is 0 Å². The monoisotopic (exact) mass is 369 g/mol. The van der Waals surface area contributed by atoms with E-state index in [0.717, 1.165) is 5.56 Å². The van der Waals surface area contributed by atoms with Gasteiger partial charge in [0.1, 0.15) is 5.82 Å². The summed E-state index contributed by atoms with van der Waals surface area (Å²) in [5.74, 6) is 1.02. The summed E-state index contributed by atoms with van der Waals surface area (Å²) in [6.45, 7) is 2.68. The van der Waals surface area contributed by atoms with E-state index >= 15 is 0 Å². The molecular formula is C18H16ClN5O2. The maximum absolute atomic E-state index is 13.1. The van der Waals surface area contributed by atoms with E-state index < -0.39 is 0 Å². The molecule has 0 fully saturated rings. The number of aromatic nitrogens is 5. The quantitative estimate of drug-likeness (QED) is 0.553. The normalized spacial score (nSPS) is 11.5. The minimum absolute atomic E-state index is 0.155. The molecular weight excluding hydrogens is 354 g/mol. The largest absolute Gasteiger partial charge is 0.383 e. The molecule has 0 radical (unpaired) electrons. The lowest BCUT2D eigenvalue weighted by Gasteiger charge is -2.11. The van der Waals surface area contributed by atoms with Gasteiger partial charge in [-0.3, -0.25) is 4.79 Å². The van der Waals surface area contributed by atoms with Crippen LogP contribution in [0.1, 0.15) is 5.82 Å². The average Bonchev–Trinajstić information content (AvgIpc) is 2.99. The summed E-state index contributed by atoms with van der Waals surface area (Å²) < 4.78 is 8.31. The van der Waals surface area contributed by atoms with Crippen molar-refractivity contribution < 1.29 is 4.74 Å². The molecule has 3 aromatic heterocycles. The van der Waals surface area contributed by atoms with E-state index in [1.807, 2.05) is 18.2 Å². The second-order valence-corrected chi connectivity index (χ2v) is 6.35. The zero-order valence-corrected chi connectivity index (χ0v) is 15.1. The molecule has 0 aliphatic heterocycles. The molecule has 132 valence electrons. The number of pyridine rings is 1. The molecule has 4 rings (SSSR count). The maximum Gasteiger partial charge on any atom is 0.262 e. The first-order valence-electron chi connectivity index (χ1n) is 8.10. The standard InChI is InChI=1S/C18H16ClN5O2/c1-11-20-18-21-14-6-7-23(8-9-26-2)17(25)15(14)16(24(18)22-11)12-4-3-5-13(19)10-12/h3-7,10H,8-9H2,1-2H3. The summed E-state index contributed by atoms with van der Waals surface area (Å²) in [6.07, 6.45) is 1.72. The van der Waals surface area contributed by atoms with Crippen molar-refractivity contribution in [1.29, 1.82) is 0 Å². The third kappa shape index (κ3) is 2.75. The van der Waals surface area contributed by atoms with Crippen LogP contribution in [-0.2, 0) is 11.3 Å². The van der Waals surface area contributed by atoms with Gasteiger partial charge in [0.05, 0.1) is 23.2 Å². The Hall–Kier alpha value is -2.77. The topological polar surface area (TPSA) is 74.3 Å². The highest BCUT2D eigenvalue weighted by Crippen LogP contribution is 2.28. The first-order chi connectivity index (χ1) is 12.6. The van der Waals surface area contributed by atoms with Gasteiger partial charge in [0.25, 0.3) is 11.3 Å². The number of benzene rings is 1. The van der Waals surface area contributed by atoms with E-state index in [4.69, 9.17) is 16.3 Å². The highest BCUT2D eigenvalue weighted by atomic mass is 35.5. The third-order valence-corrected chi connectivity index (χ3v) is 4.38. The Balaban J connectivity index is 2.13. The predicted octanol–water partition coefficient (Wildman–Crippen LogP) is 2.71. The van der Waals surface area contributed by atoms with Crippen LogP contribution in [0.3, 0.4) is 0 Å². The van der Waals surface area contributed by atoms with Gasteiger partial charge < -0.3 is 9.30 Å². The fourth-order valence-corrected chi connectivity index (χ4v) is 3.18. The van der Waals surface area contributed by atoms with E-state index in [9.17, 15) is 4.79 Å². The summed E-state index contributed by atoms with van der Waals surface area (Å²) in [5.41, 5.74) is 1.82. The minimum Gasteiger partial charge on any atom is -0.383 e. The Morgan fingerprint density at radius 1 is 1.23 bits per heavy atom. The Kier molecular flexibility index (Phi) is 4.18. The highest BCUT2D eigenvalue weighted by Gasteiger charge is 2.18. The van der Waals surface area contributed by atoms with Crippen LogP contribution in [0.5, 0.6) is 0 Å². The van der Waals surface area contributed by atoms with Crippen LogP contribution in [-0.4, -0.2) is 37.9 Å². The van der Waals surface area contributed by atoms with E-state index in [1.54, 1.807) is 41.4 Å². The molecule has 0 amide bonds. The lowest BCUT2D eigenvalue weighted by molar-refractivity contribution is 0.186. The predicted molar refractivity (Wildman–Crippen MR) is 99.6 cm³/mol. The van der Waals surface area contributed by atoms with Crippen LogP contribution in [0.2, 0.25) is 5.02 Å². The number of ether oxygens (including phenoxy) is 1. The summed E-state index contributed by atoms with van der Waals surface area (Å²) >= 11 is 6.18. The zero-order chi connectivity index (χ0) is 18.3. The van der Waals surface area contributed by atoms with Crippen molar-refractivity contribution in [1.82, 2.24) is 24.1 Å². The fraction of sp³-hybridized carbons (Fsp3) is 0.222. The molecule has 3 heterocycles. The van der Waals surface area contributed by atoms with Gasteiger partial charge in [-0.15, -0.1) is 5.10 Å². The van der Waals surface area contributed by atoms with Gasteiger partial charge in [-0.1, -0.05) is 23.7 Å². The summed E-state index contributed by atoms with van der Waals surface area (Å²) in [5, 5.41) is 5.48. The Bertz CT molecular complexity index is 1180. The molecule has 0 N–H and O–H groups in total. The smallest absolute Gasteiger partial charge is 0.262 e. The number of hydrogen-bond donors (Lipinski definition) is 0. The number of halogens is 1. The van der Waals surface area contributed by atoms with Crippen molar-refractivity contribution in [2.24, 2.45) is 0 Å². The molecule has 0 saturated heterocycles. The second kappa shape index (κ2) is 6.51. The Morgan fingerprint density at radius 2 is 2.08 bits per heavy atom. The summed E-state index contributed by atoms with van der Waals surface area (Å²) in [7, 11) is 1.60. The number of methoxy groups -OCH3 is 1. The lowest BCUT2D eigenvalue weighted by atomic mass is 10.1. The molecule has 0 spiro atoms. The number of hydrogen-bond acceptors (Lipinski definition) is 5. The lowest BCUT2D eigenvalue weighted by Crippen LogP contribution is -2.23. The van der Waals surface area contributed by atoms with Crippen LogP contribution >= 0.6 is 11.6 Å². The van der Waals surface area contributed by atoms with Crippen molar-refractivity contribution in [3.8, 4) is 11.3 Å². The number of nitrogens with zero attached hydrogens (tertiary/aromatic N) is 5. The SMILES string of the molecule is COCCn1ccc2nc3nc(C)nn3c(-c3cccc(Cl)c3)c2c1=O. The summed E-state index contributed by atoms with van der Waals surface area (Å²) in [6, 6.07) is 9.13. The highest BCUT2D eigenvalue weighted by molar-refractivity contribution is 6.30. The molecule has 0 saturated carbocycles. The van der Waals surface area contributed by atoms with Crippen LogP contribution in [0.25, 0.3) is 27.9 Å². The minimum atomic E-state index is -0.155. The fourth-order valence-electron chi connectivity index (χ4n) is 2.99. The van der Waals surface area contributed by atoms with Crippen molar-refractivity contribution >= 4 is 28.3 Å². The molecule has 1 aromatic carbocycles. The van der Waals surface area contributed by atoms with Crippen LogP contribution in [0.15, 0.2) is 41.3 Å². The van der Waals surface area contributed by atoms with Crippen molar-refractivity contribution in [3.63, 3.8) is 0 Å². The van der Waals surface area contributed by atoms with Gasteiger partial charge in [-0.05, 0) is 25.1 Å². The van der Waals surface area contributed by atoms with E-state index in [2.05, 4.69) is 15.1 Å². The third-order valence-electron chi connectivity index (χ3n) is 4.14. The molecule has 0 aliphatic rings. The van der Waals surface area contributed by atoms with Crippen LogP contribution in [0, 0.1) is 6.92 Å². The first kappa shape index (κ1) is 16.7. The molecule has 0 atom stereocenters. The second-order valence-electron chi connectivity index (χ2n) is 5.91. The van der Waals surface area contributed by atoms with E-state index in [1.165, 1.54) is 0 Å². The maximum atomic E-state index is 13.1. The Labute approximate surface area is 153 Å². The van der Waals surface area contributed by atoms with Crippen molar-refractivity contribution in [2.75, 3.05) is 13.7 Å². The van der Waals surface area contributed by atoms with E-state index in [0.29, 0.717) is 46.4 Å². The molecule has 0 aliphatic carbocycles. The van der Waals surface area contributed by atoms with Crippen LogP contribution in [0.4, 0.5) is 0 Å². The first-order valence-corrected chi connectivity index (χ1v) is 8.47. The molecule has 4 aromatic rings. The van der Waals surface area contributed by atoms with Gasteiger partial charge in [0, 0.05) is 30.4 Å². The molecule has 26 heavy (non-hydrogen) atoms. The summed E-state index contributed by atoms with van der Waals surface area (Å²) in [4.78, 5) is 22.0. The van der Waals surface area contributed by atoms with Crippen LogP contribution < -0.4 is 5.56 Å². The Morgan fingerprint density at radius 3 is 2.85 bits per heavy atom. The average molecular weight is 370 g/mol.